The molecule has 7 N–H and O–H groups in total. The third kappa shape index (κ3) is 4.22. The van der Waals surface area contributed by atoms with E-state index in [9.17, 15) is 19.6 Å². The van der Waals surface area contributed by atoms with Crippen LogP contribution in [0.1, 0.15) is 6.23 Å². The first-order chi connectivity index (χ1) is 14.5. The smallest absolute Gasteiger partial charge is 0.387 e. The summed E-state index contributed by atoms with van der Waals surface area (Å²) in [7, 11) is -4.84. The number of nitrogens with two attached hydrogens (primary N) is 1. The van der Waals surface area contributed by atoms with E-state index in [0.29, 0.717) is 10.6 Å². The molecule has 4 rings (SSSR count). The van der Waals surface area contributed by atoms with E-state index in [0.717, 1.165) is 0 Å². The number of hydrogen-bond acceptors (Lipinski definition) is 9. The van der Waals surface area contributed by atoms with E-state index in [1.165, 1.54) is 4.57 Å². The number of ether oxygens (including phenoxy) is 1. The Morgan fingerprint density at radius 1 is 1.23 bits per heavy atom. The highest BCUT2D eigenvalue weighted by atomic mass is 35.5. The van der Waals surface area contributed by atoms with Crippen molar-refractivity contribution in [3.63, 3.8) is 0 Å². The summed E-state index contributed by atoms with van der Waals surface area (Å²) in [6.07, 6.45) is -5.75. The molecule has 31 heavy (non-hydrogen) atoms. The average molecular weight is 474 g/mol. The van der Waals surface area contributed by atoms with Crippen LogP contribution in [0, 0.1) is 0 Å². The molecular formula is C16H17ClN5O8P. The molecule has 1 aliphatic heterocycles. The Morgan fingerprint density at radius 2 is 1.90 bits per heavy atom. The molecule has 2 aromatic heterocycles. The van der Waals surface area contributed by atoms with E-state index < -0.39 is 44.5 Å². The Bertz CT molecular complexity index is 1230. The summed E-state index contributed by atoms with van der Waals surface area (Å²) >= 11 is 5.94. The van der Waals surface area contributed by atoms with Crippen LogP contribution < -0.4 is 11.3 Å². The van der Waals surface area contributed by atoms with Gasteiger partial charge in [0.2, 0.25) is 5.95 Å². The summed E-state index contributed by atoms with van der Waals surface area (Å²) in [5, 5.41) is 21.4. The summed E-state index contributed by atoms with van der Waals surface area (Å²) in [5.74, 6) is -0.0567. The Labute approximate surface area is 178 Å². The number of hydrogen-bond donors (Lipinski definition) is 6. The van der Waals surface area contributed by atoms with Crippen LogP contribution in [0.2, 0.25) is 5.02 Å². The minimum absolute atomic E-state index is 0.0287. The van der Waals surface area contributed by atoms with Crippen molar-refractivity contribution in [2.75, 3.05) is 12.3 Å². The monoisotopic (exact) mass is 473 g/mol. The van der Waals surface area contributed by atoms with E-state index in [1.807, 2.05) is 0 Å². The van der Waals surface area contributed by atoms with Gasteiger partial charge in [-0.15, -0.1) is 0 Å². The first kappa shape index (κ1) is 21.9. The van der Waals surface area contributed by atoms with Crippen LogP contribution in [0.5, 0.6) is 0 Å². The number of nitrogen functional groups attached to an aromatic ring is 1. The fourth-order valence-electron chi connectivity index (χ4n) is 3.30. The molecular weight excluding hydrogens is 457 g/mol. The lowest BCUT2D eigenvalue weighted by molar-refractivity contribution is -0.0496. The standard InChI is InChI=1S/C16H17ClN5O8P/c17-7-3-1-6(2-4-7)12-19-9-13(20-16(18)21-14(9)25)22(12)15-11(24)10(23)8(30-15)5-29-31(26,27)28/h1-4,8,10-11,15,23-24H,5H2,(H2,26,27,28)(H3,18,20,21,25)/t8-,10-,11-,15-/m1/s1. The minimum atomic E-state index is -4.84. The lowest BCUT2D eigenvalue weighted by Gasteiger charge is -2.19. The predicted octanol–water partition coefficient (Wildman–Crippen LogP) is -0.249. The lowest BCUT2D eigenvalue weighted by atomic mass is 10.1. The number of fused-ring (bicyclic) bond motifs is 1. The maximum Gasteiger partial charge on any atom is 0.469 e. The number of aromatic nitrogens is 4. The highest BCUT2D eigenvalue weighted by Gasteiger charge is 2.46. The van der Waals surface area contributed by atoms with Gasteiger partial charge in [0, 0.05) is 10.6 Å². The van der Waals surface area contributed by atoms with Crippen LogP contribution in [0.4, 0.5) is 5.95 Å². The highest BCUT2D eigenvalue weighted by molar-refractivity contribution is 7.46. The number of phosphoric acid groups is 1. The number of anilines is 1. The van der Waals surface area contributed by atoms with Gasteiger partial charge in [-0.2, -0.15) is 4.98 Å². The van der Waals surface area contributed by atoms with Gasteiger partial charge in [0.1, 0.15) is 24.1 Å². The largest absolute Gasteiger partial charge is 0.469 e. The maximum atomic E-state index is 12.4. The number of aliphatic hydroxyl groups excluding tert-OH is 2. The van der Waals surface area contributed by atoms with Crippen molar-refractivity contribution in [3.8, 4) is 11.4 Å². The molecule has 3 aromatic rings. The number of nitrogens with one attached hydrogen (secondary N) is 1. The van der Waals surface area contributed by atoms with Gasteiger partial charge in [0.25, 0.3) is 5.56 Å². The number of aromatic amines is 1. The topological polar surface area (TPSA) is 206 Å². The summed E-state index contributed by atoms with van der Waals surface area (Å²) < 4.78 is 22.3. The molecule has 166 valence electrons. The molecule has 0 radical (unpaired) electrons. The number of benzene rings is 1. The molecule has 0 aliphatic carbocycles. The first-order valence-electron chi connectivity index (χ1n) is 8.80. The van der Waals surface area contributed by atoms with E-state index in [2.05, 4.69) is 19.5 Å². The van der Waals surface area contributed by atoms with E-state index in [4.69, 9.17) is 31.9 Å². The third-order valence-corrected chi connectivity index (χ3v) is 5.41. The van der Waals surface area contributed by atoms with Gasteiger partial charge in [-0.05, 0) is 24.3 Å². The van der Waals surface area contributed by atoms with Gasteiger partial charge in [0.15, 0.2) is 17.4 Å². The molecule has 0 saturated carbocycles. The predicted molar refractivity (Wildman–Crippen MR) is 107 cm³/mol. The third-order valence-electron chi connectivity index (χ3n) is 4.67. The van der Waals surface area contributed by atoms with Gasteiger partial charge >= 0.3 is 7.82 Å². The molecule has 1 saturated heterocycles. The summed E-state index contributed by atoms with van der Waals surface area (Å²) in [6.45, 7) is -0.696. The number of nitrogens with zero attached hydrogens (tertiary/aromatic N) is 3. The highest BCUT2D eigenvalue weighted by Crippen LogP contribution is 2.40. The quantitative estimate of drug-likeness (QED) is 0.266. The van der Waals surface area contributed by atoms with Crippen LogP contribution in [-0.2, 0) is 13.8 Å². The van der Waals surface area contributed by atoms with Crippen LogP contribution in [0.15, 0.2) is 29.1 Å². The number of halogens is 1. The number of aliphatic hydroxyl groups is 2. The molecule has 0 spiro atoms. The zero-order valence-corrected chi connectivity index (χ0v) is 17.1. The second-order valence-corrected chi connectivity index (χ2v) is 8.44. The van der Waals surface area contributed by atoms with Crippen molar-refractivity contribution in [2.24, 2.45) is 0 Å². The summed E-state index contributed by atoms with van der Waals surface area (Å²) in [5.41, 5.74) is 5.39. The molecule has 0 amide bonds. The minimum Gasteiger partial charge on any atom is -0.387 e. The van der Waals surface area contributed by atoms with Crippen LogP contribution in [-0.4, -0.2) is 64.4 Å². The van der Waals surface area contributed by atoms with Crippen molar-refractivity contribution in [3.05, 3.63) is 39.6 Å². The van der Waals surface area contributed by atoms with Crippen molar-refractivity contribution in [2.45, 2.75) is 24.5 Å². The van der Waals surface area contributed by atoms with Crippen molar-refractivity contribution < 1.29 is 33.8 Å². The molecule has 1 fully saturated rings. The first-order valence-corrected chi connectivity index (χ1v) is 10.7. The second-order valence-electron chi connectivity index (χ2n) is 6.77. The summed E-state index contributed by atoms with van der Waals surface area (Å²) in [4.78, 5) is 40.9. The number of rotatable bonds is 5. The number of phosphoric ester groups is 1. The van der Waals surface area contributed by atoms with Gasteiger partial charge in [0.05, 0.1) is 6.61 Å². The van der Waals surface area contributed by atoms with Crippen LogP contribution in [0.25, 0.3) is 22.6 Å². The van der Waals surface area contributed by atoms with Crippen molar-refractivity contribution in [1.29, 1.82) is 0 Å². The maximum absolute atomic E-state index is 12.4. The van der Waals surface area contributed by atoms with Crippen molar-refractivity contribution in [1.82, 2.24) is 19.5 Å². The van der Waals surface area contributed by atoms with Crippen molar-refractivity contribution >= 4 is 36.5 Å². The van der Waals surface area contributed by atoms with Crippen LogP contribution >= 0.6 is 19.4 Å². The zero-order chi connectivity index (χ0) is 22.5. The molecule has 1 aromatic carbocycles. The molecule has 0 bridgehead atoms. The summed E-state index contributed by atoms with van der Waals surface area (Å²) in [6, 6.07) is 6.40. The molecule has 1 aliphatic rings. The van der Waals surface area contributed by atoms with Crippen LogP contribution in [0.3, 0.4) is 0 Å². The molecule has 13 nitrogen and oxygen atoms in total. The van der Waals surface area contributed by atoms with Gasteiger partial charge < -0.3 is 30.5 Å². The number of imidazole rings is 1. The number of H-pyrrole nitrogens is 1. The molecule has 3 heterocycles. The molecule has 4 atom stereocenters. The van der Waals surface area contributed by atoms with Gasteiger partial charge in [-0.25, -0.2) is 9.55 Å². The van der Waals surface area contributed by atoms with E-state index in [1.54, 1.807) is 24.3 Å². The Balaban J connectivity index is 1.84. The van der Waals surface area contributed by atoms with Gasteiger partial charge in [-0.1, -0.05) is 11.6 Å². The van der Waals surface area contributed by atoms with E-state index in [-0.39, 0.29) is 22.9 Å². The second kappa shape index (κ2) is 7.97. The van der Waals surface area contributed by atoms with E-state index >= 15 is 0 Å². The lowest BCUT2D eigenvalue weighted by Crippen LogP contribution is -2.33. The molecule has 15 heteroatoms. The Hall–Kier alpha value is -2.35. The normalized spacial score (nSPS) is 24.2. The fraction of sp³-hybridized carbons (Fsp3) is 0.312. The van der Waals surface area contributed by atoms with Gasteiger partial charge in [-0.3, -0.25) is 18.9 Å². The zero-order valence-electron chi connectivity index (χ0n) is 15.5. The average Bonchev–Trinajstić information content (AvgIpc) is 3.19. The SMILES string of the molecule is Nc1nc2c(nc(-c3ccc(Cl)cc3)n2[C@@H]2O[C@H](COP(=O)(O)O)[C@@H](O)[C@H]2O)c(=O)[nH]1. The molecule has 0 unspecified atom stereocenters. The Morgan fingerprint density at radius 3 is 2.55 bits per heavy atom. The Kier molecular flexibility index (Phi) is 5.62. The fourth-order valence-corrected chi connectivity index (χ4v) is 3.76.